The Morgan fingerprint density at radius 2 is 1.14 bits per heavy atom. The number of aromatic carboxylic acids is 1. The molecule has 0 atom stereocenters. The number of benzene rings is 4. The number of carboxylic acid groups (broad SMARTS) is 1. The van der Waals surface area contributed by atoms with Crippen molar-refractivity contribution >= 4 is 5.97 Å². The summed E-state index contributed by atoms with van der Waals surface area (Å²) in [4.78, 5) is 13.8. The lowest BCUT2D eigenvalue weighted by Gasteiger charge is -2.24. The van der Waals surface area contributed by atoms with Crippen molar-refractivity contribution in [3.8, 4) is 11.1 Å². The van der Waals surface area contributed by atoms with Gasteiger partial charge in [0.25, 0.3) is 0 Å². The molecule has 35 heavy (non-hydrogen) atoms. The van der Waals surface area contributed by atoms with Crippen molar-refractivity contribution in [3.05, 3.63) is 131 Å². The highest BCUT2D eigenvalue weighted by Gasteiger charge is 2.12. The number of carboxylic acids is 1. The Morgan fingerprint density at radius 1 is 0.629 bits per heavy atom. The fourth-order valence-corrected chi connectivity index (χ4v) is 4.55. The molecule has 0 radical (unpaired) electrons. The van der Waals surface area contributed by atoms with Crippen molar-refractivity contribution in [2.45, 2.75) is 32.2 Å². The van der Waals surface area contributed by atoms with Crippen LogP contribution in [0.5, 0.6) is 0 Å². The summed E-state index contributed by atoms with van der Waals surface area (Å²) in [7, 11) is 0. The van der Waals surface area contributed by atoms with Gasteiger partial charge in [0.05, 0.1) is 5.56 Å². The van der Waals surface area contributed by atoms with Gasteiger partial charge in [-0.3, -0.25) is 4.90 Å². The Labute approximate surface area is 208 Å². The summed E-state index contributed by atoms with van der Waals surface area (Å²) < 4.78 is 0. The van der Waals surface area contributed by atoms with Crippen molar-refractivity contribution in [3.63, 3.8) is 0 Å². The van der Waals surface area contributed by atoms with Crippen molar-refractivity contribution in [1.82, 2.24) is 4.90 Å². The molecule has 0 saturated carbocycles. The first kappa shape index (κ1) is 24.4. The minimum Gasteiger partial charge on any atom is -0.478 e. The van der Waals surface area contributed by atoms with Crippen molar-refractivity contribution < 1.29 is 9.90 Å². The quantitative estimate of drug-likeness (QED) is 0.243. The highest BCUT2D eigenvalue weighted by atomic mass is 16.4. The van der Waals surface area contributed by atoms with E-state index in [1.807, 2.05) is 12.1 Å². The lowest BCUT2D eigenvalue weighted by molar-refractivity contribution is 0.0697. The third-order valence-corrected chi connectivity index (χ3v) is 6.42. The van der Waals surface area contributed by atoms with Gasteiger partial charge in [-0.15, -0.1) is 0 Å². The summed E-state index contributed by atoms with van der Waals surface area (Å²) in [5, 5.41) is 9.24. The maximum absolute atomic E-state index is 11.3. The zero-order valence-corrected chi connectivity index (χ0v) is 20.1. The molecule has 0 aliphatic rings. The summed E-state index contributed by atoms with van der Waals surface area (Å²) in [6.45, 7) is 2.95. The van der Waals surface area contributed by atoms with Crippen LogP contribution >= 0.6 is 0 Å². The number of carbonyl (C=O) groups is 1. The van der Waals surface area contributed by atoms with Gasteiger partial charge in [-0.1, -0.05) is 97.1 Å². The molecular weight excluding hydrogens is 430 g/mol. The Bertz CT molecular complexity index is 1140. The zero-order chi connectivity index (χ0) is 24.3. The van der Waals surface area contributed by atoms with Crippen LogP contribution in [-0.4, -0.2) is 29.1 Å². The second-order valence-electron chi connectivity index (χ2n) is 8.99. The first-order chi connectivity index (χ1) is 17.2. The highest BCUT2D eigenvalue weighted by Crippen LogP contribution is 2.26. The van der Waals surface area contributed by atoms with Crippen LogP contribution in [0.4, 0.5) is 0 Å². The standard InChI is InChI=1S/C32H33NO2/c34-32(35)29-21-19-28(20-22-29)31-18-8-7-17-30(31)25-33(23-9-15-26-11-3-1-4-12-26)24-10-16-27-13-5-2-6-14-27/h1-8,11-14,17-22H,9-10,15-16,23-25H2,(H,34,35). The molecule has 4 aromatic carbocycles. The minimum atomic E-state index is -0.896. The summed E-state index contributed by atoms with van der Waals surface area (Å²) in [5.41, 5.74) is 6.58. The lowest BCUT2D eigenvalue weighted by Crippen LogP contribution is -2.26. The van der Waals surface area contributed by atoms with Crippen LogP contribution in [0.25, 0.3) is 11.1 Å². The van der Waals surface area contributed by atoms with Crippen LogP contribution in [0.3, 0.4) is 0 Å². The molecule has 0 fully saturated rings. The number of nitrogens with zero attached hydrogens (tertiary/aromatic N) is 1. The third-order valence-electron chi connectivity index (χ3n) is 6.42. The van der Waals surface area contributed by atoms with Gasteiger partial charge in [-0.2, -0.15) is 0 Å². The molecule has 3 nitrogen and oxygen atoms in total. The van der Waals surface area contributed by atoms with E-state index in [1.165, 1.54) is 22.3 Å². The molecule has 0 aliphatic heterocycles. The van der Waals surface area contributed by atoms with Crippen LogP contribution < -0.4 is 0 Å². The van der Waals surface area contributed by atoms with E-state index in [0.29, 0.717) is 5.56 Å². The second-order valence-corrected chi connectivity index (χ2v) is 8.99. The molecule has 0 saturated heterocycles. The molecule has 0 amide bonds. The number of rotatable bonds is 12. The van der Waals surface area contributed by atoms with Crippen LogP contribution in [0.2, 0.25) is 0 Å². The molecule has 0 unspecified atom stereocenters. The predicted octanol–water partition coefficient (Wildman–Crippen LogP) is 7.12. The van der Waals surface area contributed by atoms with Crippen LogP contribution in [0.15, 0.2) is 109 Å². The lowest BCUT2D eigenvalue weighted by atomic mass is 9.98. The monoisotopic (exact) mass is 463 g/mol. The molecule has 0 aliphatic carbocycles. The predicted molar refractivity (Wildman–Crippen MR) is 144 cm³/mol. The van der Waals surface area contributed by atoms with Gasteiger partial charge in [0, 0.05) is 6.54 Å². The first-order valence-corrected chi connectivity index (χ1v) is 12.4. The van der Waals surface area contributed by atoms with Gasteiger partial charge >= 0.3 is 5.97 Å². The van der Waals surface area contributed by atoms with Gasteiger partial charge in [-0.05, 0) is 78.7 Å². The maximum atomic E-state index is 11.3. The van der Waals surface area contributed by atoms with Gasteiger partial charge < -0.3 is 5.11 Å². The smallest absolute Gasteiger partial charge is 0.335 e. The van der Waals surface area contributed by atoms with Gasteiger partial charge in [0.1, 0.15) is 0 Å². The molecule has 0 aromatic heterocycles. The maximum Gasteiger partial charge on any atom is 0.335 e. The molecule has 4 rings (SSSR count). The third kappa shape index (κ3) is 7.40. The summed E-state index contributed by atoms with van der Waals surface area (Å²) in [5.74, 6) is -0.896. The molecule has 178 valence electrons. The van der Waals surface area contributed by atoms with E-state index in [-0.39, 0.29) is 0 Å². The van der Waals surface area contributed by atoms with Crippen molar-refractivity contribution in [2.75, 3.05) is 13.1 Å². The van der Waals surface area contributed by atoms with E-state index >= 15 is 0 Å². The van der Waals surface area contributed by atoms with E-state index in [1.54, 1.807) is 12.1 Å². The normalized spacial score (nSPS) is 11.0. The van der Waals surface area contributed by atoms with Gasteiger partial charge in [0.15, 0.2) is 0 Å². The highest BCUT2D eigenvalue weighted by molar-refractivity contribution is 5.88. The van der Waals surface area contributed by atoms with E-state index in [2.05, 4.69) is 89.8 Å². The van der Waals surface area contributed by atoms with E-state index in [9.17, 15) is 9.90 Å². The van der Waals surface area contributed by atoms with Gasteiger partial charge in [-0.25, -0.2) is 4.79 Å². The average molecular weight is 464 g/mol. The van der Waals surface area contributed by atoms with E-state index < -0.39 is 5.97 Å². The Kier molecular flexibility index (Phi) is 8.85. The van der Waals surface area contributed by atoms with Crippen LogP contribution in [0.1, 0.15) is 39.9 Å². The summed E-state index contributed by atoms with van der Waals surface area (Å²) in [6, 6.07) is 37.1. The van der Waals surface area contributed by atoms with E-state index in [0.717, 1.165) is 50.9 Å². The fraction of sp³-hybridized carbons (Fsp3) is 0.219. The fourth-order valence-electron chi connectivity index (χ4n) is 4.55. The molecule has 0 spiro atoms. The molecule has 3 heteroatoms. The molecule has 1 N–H and O–H groups in total. The SMILES string of the molecule is O=C(O)c1ccc(-c2ccccc2CN(CCCc2ccccc2)CCCc2ccccc2)cc1. The molecular formula is C32H33NO2. The van der Waals surface area contributed by atoms with Crippen LogP contribution in [-0.2, 0) is 19.4 Å². The minimum absolute atomic E-state index is 0.315. The molecule has 4 aromatic rings. The van der Waals surface area contributed by atoms with Crippen molar-refractivity contribution in [2.24, 2.45) is 0 Å². The zero-order valence-electron chi connectivity index (χ0n) is 20.1. The van der Waals surface area contributed by atoms with Gasteiger partial charge in [0.2, 0.25) is 0 Å². The Hall–Kier alpha value is -3.69. The van der Waals surface area contributed by atoms with Crippen molar-refractivity contribution in [1.29, 1.82) is 0 Å². The summed E-state index contributed by atoms with van der Waals surface area (Å²) in [6.07, 6.45) is 4.39. The van der Waals surface area contributed by atoms with E-state index in [4.69, 9.17) is 0 Å². The Balaban J connectivity index is 1.46. The van der Waals surface area contributed by atoms with Crippen LogP contribution in [0, 0.1) is 0 Å². The largest absolute Gasteiger partial charge is 0.478 e. The Morgan fingerprint density at radius 3 is 1.69 bits per heavy atom. The molecule has 0 bridgehead atoms. The number of hydrogen-bond acceptors (Lipinski definition) is 2. The second kappa shape index (κ2) is 12.7. The molecule has 0 heterocycles. The number of aryl methyl sites for hydroxylation is 2. The topological polar surface area (TPSA) is 40.5 Å². The average Bonchev–Trinajstić information content (AvgIpc) is 2.90. The number of hydrogen-bond donors (Lipinski definition) is 1. The summed E-state index contributed by atoms with van der Waals surface area (Å²) >= 11 is 0. The first-order valence-electron chi connectivity index (χ1n) is 12.4.